The predicted octanol–water partition coefficient (Wildman–Crippen LogP) is 23.2. The number of hydrogen-bond acceptors (Lipinski definition) is 5. The molecule has 3 aromatic rings. The lowest BCUT2D eigenvalue weighted by Gasteiger charge is -2.26. The molecule has 7 heteroatoms. The number of anilines is 1. The van der Waals surface area contributed by atoms with Gasteiger partial charge in [0.15, 0.2) is 5.82 Å². The minimum Gasteiger partial charge on any atom is -0.330 e. The van der Waals surface area contributed by atoms with Crippen molar-refractivity contribution in [1.29, 1.82) is 0 Å². The summed E-state index contributed by atoms with van der Waals surface area (Å²) in [6.07, 6.45) is 82.1. The van der Waals surface area contributed by atoms with Gasteiger partial charge in [-0.25, -0.2) is 9.97 Å². The first kappa shape index (κ1) is 74.2. The van der Waals surface area contributed by atoms with Crippen LogP contribution in [0.1, 0.15) is 298 Å². The van der Waals surface area contributed by atoms with Crippen molar-refractivity contribution in [2.75, 3.05) is 44.6 Å². The molecule has 0 fully saturated rings. The second kappa shape index (κ2) is 54.3. The number of nitrogens with zero attached hydrogens (tertiary/aromatic N) is 5. The summed E-state index contributed by atoms with van der Waals surface area (Å²) in [5.74, 6) is 1.10. The highest BCUT2D eigenvalue weighted by atomic mass is 16.1. The average molecular weight is 1160 g/mol. The van der Waals surface area contributed by atoms with Gasteiger partial charge in [-0.2, -0.15) is 0 Å². The molecule has 0 aliphatic rings. The van der Waals surface area contributed by atoms with Crippen molar-refractivity contribution in [3.8, 4) is 0 Å². The molecule has 0 unspecified atom stereocenters. The van der Waals surface area contributed by atoms with Crippen LogP contribution in [-0.4, -0.2) is 69.5 Å². The molecule has 1 N–H and O–H groups in total. The van der Waals surface area contributed by atoms with Crippen LogP contribution in [0.5, 0.6) is 0 Å². The molecule has 0 saturated heterocycles. The Bertz CT molecular complexity index is 2130. The Morgan fingerprint density at radius 3 is 1.21 bits per heavy atom. The Hall–Kier alpha value is -4.07. The van der Waals surface area contributed by atoms with Crippen LogP contribution in [0, 0.1) is 5.92 Å². The van der Waals surface area contributed by atoms with E-state index in [4.69, 9.17) is 9.97 Å². The molecule has 0 aliphatic heterocycles. The average Bonchev–Trinajstić information content (AvgIpc) is 2.91. The lowest BCUT2D eigenvalue weighted by atomic mass is 10.1. The van der Waals surface area contributed by atoms with Crippen LogP contribution in [0.25, 0.3) is 21.9 Å². The van der Waals surface area contributed by atoms with Crippen molar-refractivity contribution >= 4 is 33.7 Å². The number of aromatic nitrogens is 3. The number of unbranched alkanes of at least 4 members (excludes halogenated alkanes) is 29. The summed E-state index contributed by atoms with van der Waals surface area (Å²) in [4.78, 5) is 28.8. The van der Waals surface area contributed by atoms with Crippen LogP contribution < -0.4 is 5.32 Å². The van der Waals surface area contributed by atoms with Gasteiger partial charge in [0, 0.05) is 18.4 Å². The fourth-order valence-electron chi connectivity index (χ4n) is 11.6. The minimum absolute atomic E-state index is 0.0374. The summed E-state index contributed by atoms with van der Waals surface area (Å²) >= 11 is 0. The van der Waals surface area contributed by atoms with Gasteiger partial charge in [0.05, 0.1) is 17.4 Å². The van der Waals surface area contributed by atoms with Crippen molar-refractivity contribution in [1.82, 2.24) is 24.3 Å². The highest BCUT2D eigenvalue weighted by molar-refractivity contribution is 6.09. The van der Waals surface area contributed by atoms with Crippen LogP contribution in [-0.2, 0) is 11.3 Å². The number of para-hydroxylation sites is 1. The van der Waals surface area contributed by atoms with E-state index in [2.05, 4.69) is 139 Å². The van der Waals surface area contributed by atoms with Crippen LogP contribution in [0.15, 0.2) is 104 Å². The smallest absolute Gasteiger partial charge is 0.225 e. The van der Waals surface area contributed by atoms with Gasteiger partial charge < -0.3 is 19.7 Å². The summed E-state index contributed by atoms with van der Waals surface area (Å²) in [5, 5.41) is 4.27. The Kier molecular flexibility index (Phi) is 48.0. The topological polar surface area (TPSA) is 66.3 Å². The van der Waals surface area contributed by atoms with Gasteiger partial charge in [-0.15, -0.1) is 0 Å². The molecule has 0 bridgehead atoms. The Balaban J connectivity index is 1.49. The molecule has 0 aliphatic carbocycles. The number of nitrogens with one attached hydrogen (secondary N) is 1. The zero-order chi connectivity index (χ0) is 59.9. The van der Waals surface area contributed by atoms with Crippen LogP contribution in [0.4, 0.5) is 5.82 Å². The molecular formula is C77H130N6O. The van der Waals surface area contributed by atoms with Gasteiger partial charge in [0.2, 0.25) is 5.91 Å². The molecule has 2 heterocycles. The van der Waals surface area contributed by atoms with Crippen LogP contribution >= 0.6 is 0 Å². The third-order valence-corrected chi connectivity index (χ3v) is 16.6. The monoisotopic (exact) mass is 1160 g/mol. The van der Waals surface area contributed by atoms with Crippen LogP contribution in [0.3, 0.4) is 0 Å². The van der Waals surface area contributed by atoms with Gasteiger partial charge in [0.1, 0.15) is 5.52 Å². The molecule has 0 radical (unpaired) electrons. The SMILES string of the molecule is CCCCC/C=C\C/C=C\CCCCCCCCN(CCCCCCCC/C=C\C/C=C\CCCCC)CCCN(CCCCCCCC/C=C\C/C=C\CCCCC)CCCCCC(=O)Nc1nc2ccccc2c2c1ncn2CC(C)C. The van der Waals surface area contributed by atoms with E-state index in [0.717, 1.165) is 73.6 Å². The molecular weight excluding hydrogens is 1020 g/mol. The molecule has 84 heavy (non-hydrogen) atoms. The summed E-state index contributed by atoms with van der Waals surface area (Å²) in [5.41, 5.74) is 2.73. The fraction of sp³-hybridized carbons (Fsp3) is 0.701. The predicted molar refractivity (Wildman–Crippen MR) is 373 cm³/mol. The van der Waals surface area contributed by atoms with E-state index in [1.165, 1.54) is 251 Å². The van der Waals surface area contributed by atoms with E-state index in [1.54, 1.807) is 0 Å². The van der Waals surface area contributed by atoms with E-state index in [0.29, 0.717) is 18.2 Å². The fourth-order valence-corrected chi connectivity index (χ4v) is 11.6. The quantitative estimate of drug-likeness (QED) is 0.0451. The van der Waals surface area contributed by atoms with Crippen LogP contribution in [0.2, 0.25) is 0 Å². The van der Waals surface area contributed by atoms with Crippen molar-refractivity contribution in [3.05, 3.63) is 104 Å². The number of amides is 1. The Morgan fingerprint density at radius 1 is 0.452 bits per heavy atom. The summed E-state index contributed by atoms with van der Waals surface area (Å²) in [6, 6.07) is 8.23. The summed E-state index contributed by atoms with van der Waals surface area (Å²) in [7, 11) is 0. The molecule has 0 atom stereocenters. The van der Waals surface area contributed by atoms with Crippen molar-refractivity contribution in [2.24, 2.45) is 5.92 Å². The molecule has 0 spiro atoms. The number of fused-ring (bicyclic) bond motifs is 3. The highest BCUT2D eigenvalue weighted by Gasteiger charge is 2.17. The van der Waals surface area contributed by atoms with Gasteiger partial charge >= 0.3 is 0 Å². The van der Waals surface area contributed by atoms with Gasteiger partial charge in [0.25, 0.3) is 0 Å². The molecule has 0 saturated carbocycles. The number of hydrogen-bond donors (Lipinski definition) is 1. The number of allylic oxidation sites excluding steroid dienone is 12. The first-order valence-corrected chi connectivity index (χ1v) is 35.8. The van der Waals surface area contributed by atoms with E-state index in [1.807, 2.05) is 18.5 Å². The molecule has 1 amide bonds. The summed E-state index contributed by atoms with van der Waals surface area (Å²) < 4.78 is 2.22. The number of benzene rings is 1. The third-order valence-electron chi connectivity index (χ3n) is 16.6. The van der Waals surface area contributed by atoms with Crippen molar-refractivity contribution in [3.63, 3.8) is 0 Å². The van der Waals surface area contributed by atoms with E-state index in [9.17, 15) is 4.79 Å². The Morgan fingerprint density at radius 2 is 0.810 bits per heavy atom. The van der Waals surface area contributed by atoms with Gasteiger partial charge in [-0.05, 0) is 186 Å². The highest BCUT2D eigenvalue weighted by Crippen LogP contribution is 2.29. The number of imidazole rings is 1. The first-order chi connectivity index (χ1) is 41.5. The lowest BCUT2D eigenvalue weighted by molar-refractivity contribution is -0.116. The minimum atomic E-state index is 0.0374. The van der Waals surface area contributed by atoms with Crippen molar-refractivity contribution < 1.29 is 4.79 Å². The number of carbonyl (C=O) groups is 1. The molecule has 2 aromatic heterocycles. The van der Waals surface area contributed by atoms with E-state index in [-0.39, 0.29) is 5.91 Å². The number of pyridine rings is 1. The zero-order valence-electron chi connectivity index (χ0n) is 55.5. The van der Waals surface area contributed by atoms with Gasteiger partial charge in [-0.3, -0.25) is 4.79 Å². The summed E-state index contributed by atoms with van der Waals surface area (Å²) in [6.45, 7) is 19.4. The largest absolute Gasteiger partial charge is 0.330 e. The molecule has 3 rings (SSSR count). The maximum atomic E-state index is 13.5. The van der Waals surface area contributed by atoms with E-state index >= 15 is 0 Å². The standard InChI is InChI=1S/C77H130N6O/c1-6-9-12-15-18-21-24-27-30-33-36-39-42-45-48-55-63-81(64-56-49-46-43-40-37-34-31-28-25-22-19-16-13-10-7-2)67-59-68-82(65-57-50-47-44-41-38-35-32-29-26-23-20-17-14-11-8-3)66-58-51-52-62-74(84)80-77-75-76(83(70-78-75)69-71(4)5)72-60-53-54-61-73(72)79-77/h18-23,27-32,53-54,60-61,70-71H,6-17,24-26,33-52,55-59,62-69H2,1-5H3,(H,79,80,84)/b21-18-,22-19-,23-20-,30-27-,31-28-,32-29-. The zero-order valence-corrected chi connectivity index (χ0v) is 55.5. The second-order valence-electron chi connectivity index (χ2n) is 25.1. The van der Waals surface area contributed by atoms with E-state index < -0.39 is 0 Å². The number of rotatable bonds is 58. The normalized spacial score (nSPS) is 12.6. The maximum absolute atomic E-state index is 13.5. The van der Waals surface area contributed by atoms with Gasteiger partial charge in [-0.1, -0.05) is 248 Å². The second-order valence-corrected chi connectivity index (χ2v) is 25.1. The first-order valence-electron chi connectivity index (χ1n) is 35.8. The van der Waals surface area contributed by atoms with Crippen molar-refractivity contribution in [2.45, 2.75) is 304 Å². The molecule has 1 aromatic carbocycles. The number of carbonyl (C=O) groups excluding carboxylic acids is 1. The molecule has 7 nitrogen and oxygen atoms in total. The lowest BCUT2D eigenvalue weighted by Crippen LogP contribution is -2.32. The molecule has 474 valence electrons. The third kappa shape index (κ3) is 39.6. The maximum Gasteiger partial charge on any atom is 0.225 e. The Labute approximate surface area is 518 Å².